The molecular weight excluding hydrogens is 342 g/mol. The highest BCUT2D eigenvalue weighted by Crippen LogP contribution is 2.52. The van der Waals surface area contributed by atoms with Crippen LogP contribution in [0.15, 0.2) is 37.1 Å². The molecule has 6 rings (SSSR count). The first-order valence-electron chi connectivity index (χ1n) is 9.27. The molecule has 0 aliphatic heterocycles. The van der Waals surface area contributed by atoms with Gasteiger partial charge in [0.05, 0.1) is 7.11 Å². The number of hydrogen-bond acceptors (Lipinski definition) is 6. The second-order valence-corrected chi connectivity index (χ2v) is 7.51. The lowest BCUT2D eigenvalue weighted by Gasteiger charge is -2.15. The van der Waals surface area contributed by atoms with Gasteiger partial charge in [0, 0.05) is 48.2 Å². The molecule has 2 aliphatic carbocycles. The zero-order valence-corrected chi connectivity index (χ0v) is 14.9. The van der Waals surface area contributed by atoms with Crippen LogP contribution in [-0.2, 0) is 0 Å². The molecule has 8 nitrogen and oxygen atoms in total. The number of methoxy groups -OCH3 is 1. The summed E-state index contributed by atoms with van der Waals surface area (Å²) in [5, 5.41) is 8.15. The molecule has 1 N–H and O–H groups in total. The summed E-state index contributed by atoms with van der Waals surface area (Å²) in [4.78, 5) is 13.2. The minimum absolute atomic E-state index is 0.471. The van der Waals surface area contributed by atoms with E-state index in [9.17, 15) is 0 Å². The molecule has 2 aliphatic rings. The van der Waals surface area contributed by atoms with Gasteiger partial charge in [-0.05, 0) is 37.2 Å². The van der Waals surface area contributed by atoms with Crippen LogP contribution in [0.5, 0.6) is 5.88 Å². The fourth-order valence-corrected chi connectivity index (χ4v) is 4.40. The van der Waals surface area contributed by atoms with Crippen molar-refractivity contribution in [1.82, 2.24) is 29.0 Å². The Morgan fingerprint density at radius 1 is 1.15 bits per heavy atom. The number of imidazole rings is 1. The van der Waals surface area contributed by atoms with E-state index in [0.717, 1.165) is 28.5 Å². The summed E-state index contributed by atoms with van der Waals surface area (Å²) in [7, 11) is 1.64. The number of ether oxygens (including phenoxy) is 1. The maximum absolute atomic E-state index is 5.60. The van der Waals surface area contributed by atoms with Crippen molar-refractivity contribution in [2.75, 3.05) is 12.4 Å². The van der Waals surface area contributed by atoms with Crippen LogP contribution in [0.4, 0.5) is 5.95 Å². The third-order valence-corrected chi connectivity index (χ3v) is 5.81. The van der Waals surface area contributed by atoms with Crippen LogP contribution < -0.4 is 10.1 Å². The van der Waals surface area contributed by atoms with Crippen LogP contribution in [0.2, 0.25) is 0 Å². The van der Waals surface area contributed by atoms with Crippen molar-refractivity contribution in [1.29, 1.82) is 0 Å². The molecule has 2 saturated carbocycles. The van der Waals surface area contributed by atoms with Gasteiger partial charge < -0.3 is 10.1 Å². The Hall–Kier alpha value is -3.16. The van der Waals surface area contributed by atoms with Gasteiger partial charge in [-0.15, -0.1) is 5.10 Å². The topological polar surface area (TPSA) is 81.6 Å². The molecule has 0 radical (unpaired) electrons. The predicted octanol–water partition coefficient (Wildman–Crippen LogP) is 2.66. The van der Waals surface area contributed by atoms with Gasteiger partial charge in [0.15, 0.2) is 0 Å². The number of nitrogens with one attached hydrogen (secondary N) is 1. The van der Waals surface area contributed by atoms with E-state index in [4.69, 9.17) is 4.74 Å². The molecule has 0 bridgehead atoms. The molecule has 4 heterocycles. The fourth-order valence-electron chi connectivity index (χ4n) is 4.40. The maximum atomic E-state index is 5.60. The summed E-state index contributed by atoms with van der Waals surface area (Å²) < 4.78 is 9.33. The van der Waals surface area contributed by atoms with Crippen molar-refractivity contribution in [2.45, 2.75) is 25.3 Å². The van der Waals surface area contributed by atoms with E-state index in [1.165, 1.54) is 19.3 Å². The SMILES string of the molecule is COc1nc(NC2CC3CC3C2)nn2ccc(-c3cnc4nccn4c3)c12. The molecule has 4 aromatic heterocycles. The average Bonchev–Trinajstić information content (AvgIpc) is 3.09. The molecule has 0 saturated heterocycles. The average molecular weight is 361 g/mol. The second kappa shape index (κ2) is 5.42. The molecule has 27 heavy (non-hydrogen) atoms. The molecule has 2 atom stereocenters. The van der Waals surface area contributed by atoms with Gasteiger partial charge in [-0.2, -0.15) is 4.98 Å². The van der Waals surface area contributed by atoms with E-state index in [1.54, 1.807) is 13.3 Å². The van der Waals surface area contributed by atoms with Crippen molar-refractivity contribution in [3.05, 3.63) is 37.1 Å². The Balaban J connectivity index is 1.41. The number of hydrogen-bond donors (Lipinski definition) is 1. The smallest absolute Gasteiger partial charge is 0.244 e. The predicted molar refractivity (Wildman–Crippen MR) is 99.8 cm³/mol. The fraction of sp³-hybridized carbons (Fsp3) is 0.368. The second-order valence-electron chi connectivity index (χ2n) is 7.51. The first kappa shape index (κ1) is 15.0. The third-order valence-electron chi connectivity index (χ3n) is 5.81. The van der Waals surface area contributed by atoms with Crippen molar-refractivity contribution in [3.63, 3.8) is 0 Å². The van der Waals surface area contributed by atoms with E-state index < -0.39 is 0 Å². The van der Waals surface area contributed by atoms with Crippen molar-refractivity contribution in [2.24, 2.45) is 11.8 Å². The van der Waals surface area contributed by atoms with E-state index in [2.05, 4.69) is 25.4 Å². The highest BCUT2D eigenvalue weighted by Gasteiger charge is 2.46. The number of aromatic nitrogens is 6. The Morgan fingerprint density at radius 2 is 2.04 bits per heavy atom. The van der Waals surface area contributed by atoms with Crippen LogP contribution in [0.3, 0.4) is 0 Å². The van der Waals surface area contributed by atoms with Crippen molar-refractivity contribution >= 4 is 17.2 Å². The van der Waals surface area contributed by atoms with Gasteiger partial charge in [0.25, 0.3) is 0 Å². The first-order valence-corrected chi connectivity index (χ1v) is 9.27. The highest BCUT2D eigenvalue weighted by molar-refractivity contribution is 5.84. The van der Waals surface area contributed by atoms with E-state index in [0.29, 0.717) is 23.6 Å². The maximum Gasteiger partial charge on any atom is 0.244 e. The van der Waals surface area contributed by atoms with Crippen LogP contribution >= 0.6 is 0 Å². The van der Waals surface area contributed by atoms with Crippen LogP contribution in [-0.4, -0.2) is 42.1 Å². The van der Waals surface area contributed by atoms with Crippen LogP contribution in [0, 0.1) is 11.8 Å². The van der Waals surface area contributed by atoms with Gasteiger partial charge in [-0.25, -0.2) is 14.5 Å². The number of fused-ring (bicyclic) bond motifs is 3. The van der Waals surface area contributed by atoms with Gasteiger partial charge in [0.1, 0.15) is 5.52 Å². The molecule has 0 spiro atoms. The molecule has 2 unspecified atom stereocenters. The minimum Gasteiger partial charge on any atom is -0.479 e. The highest BCUT2D eigenvalue weighted by atomic mass is 16.5. The lowest BCUT2D eigenvalue weighted by Crippen LogP contribution is -2.19. The number of anilines is 1. The third kappa shape index (κ3) is 2.36. The lowest BCUT2D eigenvalue weighted by molar-refractivity contribution is 0.399. The molecule has 0 amide bonds. The van der Waals surface area contributed by atoms with E-state index in [1.807, 2.05) is 39.8 Å². The number of nitrogens with zero attached hydrogens (tertiary/aromatic N) is 6. The molecule has 4 aromatic rings. The molecule has 0 aromatic carbocycles. The summed E-state index contributed by atoms with van der Waals surface area (Å²) in [5.41, 5.74) is 2.77. The van der Waals surface area contributed by atoms with Gasteiger partial charge >= 0.3 is 0 Å². The summed E-state index contributed by atoms with van der Waals surface area (Å²) in [5.74, 6) is 3.68. The van der Waals surface area contributed by atoms with Crippen LogP contribution in [0.25, 0.3) is 22.4 Å². The largest absolute Gasteiger partial charge is 0.479 e. The Labute approximate surface area is 155 Å². The summed E-state index contributed by atoms with van der Waals surface area (Å²) in [6.07, 6.45) is 13.2. The van der Waals surface area contributed by atoms with Gasteiger partial charge in [-0.1, -0.05) is 0 Å². The van der Waals surface area contributed by atoms with E-state index in [-0.39, 0.29) is 0 Å². The summed E-state index contributed by atoms with van der Waals surface area (Å²) >= 11 is 0. The monoisotopic (exact) mass is 361 g/mol. The normalized spacial score (nSPS) is 23.7. The van der Waals surface area contributed by atoms with Gasteiger partial charge in [-0.3, -0.25) is 4.40 Å². The van der Waals surface area contributed by atoms with Crippen molar-refractivity contribution < 1.29 is 4.74 Å². The standard InChI is InChI=1S/C19H19N7O/c1-27-17-16-15(13-9-21-19-20-3-5-25(19)10-13)2-4-26(16)24-18(23-17)22-14-7-11-6-12(11)8-14/h2-5,9-12,14H,6-8H2,1H3,(H,22,24). The zero-order valence-electron chi connectivity index (χ0n) is 14.9. The summed E-state index contributed by atoms with van der Waals surface area (Å²) in [6, 6.07) is 2.49. The quantitative estimate of drug-likeness (QED) is 0.602. The Bertz CT molecular complexity index is 1150. The zero-order chi connectivity index (χ0) is 18.0. The summed E-state index contributed by atoms with van der Waals surface area (Å²) in [6.45, 7) is 0. The Morgan fingerprint density at radius 3 is 2.89 bits per heavy atom. The van der Waals surface area contributed by atoms with Crippen LogP contribution in [0.1, 0.15) is 19.3 Å². The van der Waals surface area contributed by atoms with Gasteiger partial charge in [0.2, 0.25) is 17.6 Å². The Kier molecular flexibility index (Phi) is 3.00. The van der Waals surface area contributed by atoms with Crippen molar-refractivity contribution in [3.8, 4) is 17.0 Å². The molecule has 2 fully saturated rings. The minimum atomic E-state index is 0.471. The first-order chi connectivity index (χ1) is 13.3. The lowest BCUT2D eigenvalue weighted by atomic mass is 10.1. The molecule has 136 valence electrons. The molecule has 8 heteroatoms. The number of rotatable bonds is 4. The molecular formula is C19H19N7O. The van der Waals surface area contributed by atoms with E-state index >= 15 is 0 Å².